The second-order valence-corrected chi connectivity index (χ2v) is 9.23. The van der Waals surface area contributed by atoms with Gasteiger partial charge in [-0.1, -0.05) is 82.1 Å². The Balaban J connectivity index is 1.94. The van der Waals surface area contributed by atoms with E-state index < -0.39 is 5.97 Å². The highest BCUT2D eigenvalue weighted by molar-refractivity contribution is 5.97. The third kappa shape index (κ3) is 5.11. The summed E-state index contributed by atoms with van der Waals surface area (Å²) in [5, 5.41) is 10.3. The number of carboxylic acids is 1. The number of hydrogen-bond acceptors (Lipinski definition) is 3. The normalized spacial score (nSPS) is 11.2. The van der Waals surface area contributed by atoms with Gasteiger partial charge in [-0.25, -0.2) is 9.78 Å². The molecule has 186 valence electrons. The predicted molar refractivity (Wildman–Crippen MR) is 146 cm³/mol. The molecule has 3 aromatic carbocycles. The number of imidazole rings is 1. The number of rotatable bonds is 10. The Morgan fingerprint density at radius 3 is 2.28 bits per heavy atom. The zero-order chi connectivity index (χ0) is 25.7. The summed E-state index contributed by atoms with van der Waals surface area (Å²) in [7, 11) is 0. The first-order valence-corrected chi connectivity index (χ1v) is 12.9. The molecule has 0 spiro atoms. The molecule has 0 amide bonds. The van der Waals surface area contributed by atoms with Crippen LogP contribution in [0.3, 0.4) is 0 Å². The number of carbonyl (C=O) groups is 1. The quantitative estimate of drug-likeness (QED) is 0.256. The van der Waals surface area contributed by atoms with E-state index >= 15 is 0 Å². The summed E-state index contributed by atoms with van der Waals surface area (Å²) in [4.78, 5) is 30.5. The lowest BCUT2D eigenvalue weighted by molar-refractivity contribution is 0.0696. The Labute approximate surface area is 212 Å². The highest BCUT2D eigenvalue weighted by Gasteiger charge is 2.20. The maximum Gasteiger partial charge on any atom is 0.336 e. The lowest BCUT2D eigenvalue weighted by Crippen LogP contribution is -2.12. The molecule has 1 N–H and O–H groups in total. The van der Waals surface area contributed by atoms with Gasteiger partial charge in [0.1, 0.15) is 5.82 Å². The fraction of sp³-hybridized carbons (Fsp3) is 0.323. The number of fused-ring (bicyclic) bond motifs is 1. The molecule has 0 aliphatic rings. The smallest absolute Gasteiger partial charge is 0.336 e. The van der Waals surface area contributed by atoms with Gasteiger partial charge in [0.2, 0.25) is 0 Å². The summed E-state index contributed by atoms with van der Waals surface area (Å²) in [5.74, 6) is -0.0148. The Kier molecular flexibility index (Phi) is 7.99. The zero-order valence-electron chi connectivity index (χ0n) is 21.4. The molecule has 1 heterocycles. The number of benzene rings is 2. The molecular formula is C31H34N2O3. The summed E-state index contributed by atoms with van der Waals surface area (Å²) in [5.41, 5.74) is 5.90. The van der Waals surface area contributed by atoms with Crippen molar-refractivity contribution in [2.24, 2.45) is 0 Å². The number of hydrogen-bond donors (Lipinski definition) is 1. The summed E-state index contributed by atoms with van der Waals surface area (Å²) >= 11 is 0. The number of aryl methyl sites for hydroxylation is 3. The minimum atomic E-state index is -0.948. The molecule has 0 atom stereocenters. The number of carboxylic acid groups (broad SMARTS) is 1. The van der Waals surface area contributed by atoms with Crippen molar-refractivity contribution in [2.45, 2.75) is 65.8 Å². The Morgan fingerprint density at radius 1 is 0.889 bits per heavy atom. The van der Waals surface area contributed by atoms with Gasteiger partial charge in [-0.15, -0.1) is 0 Å². The number of aromatic carboxylic acids is 1. The highest BCUT2D eigenvalue weighted by Crippen LogP contribution is 2.29. The van der Waals surface area contributed by atoms with Crippen LogP contribution in [0.25, 0.3) is 22.2 Å². The molecule has 0 radical (unpaired) electrons. The van der Waals surface area contributed by atoms with Gasteiger partial charge in [0.05, 0.1) is 23.1 Å². The van der Waals surface area contributed by atoms with E-state index in [1.54, 1.807) is 0 Å². The van der Waals surface area contributed by atoms with Crippen LogP contribution in [0, 0.1) is 0 Å². The topological polar surface area (TPSA) is 72.2 Å². The van der Waals surface area contributed by atoms with Crippen molar-refractivity contribution in [1.82, 2.24) is 9.55 Å². The minimum absolute atomic E-state index is 0.0781. The van der Waals surface area contributed by atoms with Crippen LogP contribution in [0.5, 0.6) is 0 Å². The second kappa shape index (κ2) is 11.3. The molecule has 5 nitrogen and oxygen atoms in total. The van der Waals surface area contributed by atoms with Gasteiger partial charge in [0.15, 0.2) is 5.43 Å². The molecule has 36 heavy (non-hydrogen) atoms. The van der Waals surface area contributed by atoms with E-state index in [1.165, 1.54) is 0 Å². The van der Waals surface area contributed by atoms with Crippen LogP contribution >= 0.6 is 0 Å². The van der Waals surface area contributed by atoms with Crippen LogP contribution in [0.1, 0.15) is 72.9 Å². The maximum absolute atomic E-state index is 13.0. The van der Waals surface area contributed by atoms with Crippen molar-refractivity contribution in [2.75, 3.05) is 0 Å². The average Bonchev–Trinajstić information content (AvgIpc) is 3.13. The second-order valence-electron chi connectivity index (χ2n) is 9.23. The van der Waals surface area contributed by atoms with Crippen LogP contribution in [-0.2, 0) is 25.8 Å². The van der Waals surface area contributed by atoms with E-state index in [0.717, 1.165) is 64.8 Å². The van der Waals surface area contributed by atoms with Crippen LogP contribution in [0.2, 0.25) is 0 Å². The lowest BCUT2D eigenvalue weighted by atomic mass is 9.95. The van der Waals surface area contributed by atoms with E-state index in [9.17, 15) is 14.7 Å². The summed E-state index contributed by atoms with van der Waals surface area (Å²) in [6.07, 6.45) is 5.31. The van der Waals surface area contributed by atoms with Gasteiger partial charge in [-0.3, -0.25) is 4.79 Å². The molecule has 1 aromatic heterocycles. The third-order valence-electron chi connectivity index (χ3n) is 6.86. The zero-order valence-corrected chi connectivity index (χ0v) is 21.4. The van der Waals surface area contributed by atoms with E-state index in [1.807, 2.05) is 74.5 Å². The van der Waals surface area contributed by atoms with Crippen LogP contribution < -0.4 is 5.43 Å². The van der Waals surface area contributed by atoms with E-state index in [-0.39, 0.29) is 5.43 Å². The summed E-state index contributed by atoms with van der Waals surface area (Å²) in [6, 6.07) is 19.2. The van der Waals surface area contributed by atoms with Crippen molar-refractivity contribution >= 4 is 17.0 Å². The van der Waals surface area contributed by atoms with Crippen LogP contribution in [0.4, 0.5) is 0 Å². The molecule has 0 fully saturated rings. The third-order valence-corrected chi connectivity index (χ3v) is 6.86. The van der Waals surface area contributed by atoms with Gasteiger partial charge in [-0.2, -0.15) is 0 Å². The Hall–Kier alpha value is -3.73. The standard InChI is InChI=1S/C31H34N2O3/c1-4-7-9-17-28-32-26-18-21(5-2)30(34)22(6-3)19-27(26)33(28)20-24-15-12-16-25(29(24)31(35)36)23-13-10-8-11-14-23/h8,10-16,18-19H,4-7,9,17,20H2,1-3H3,(H,35,36). The molecule has 4 rings (SSSR count). The van der Waals surface area contributed by atoms with Gasteiger partial charge < -0.3 is 9.67 Å². The van der Waals surface area contributed by atoms with Crippen molar-refractivity contribution in [3.8, 4) is 11.1 Å². The first-order valence-electron chi connectivity index (χ1n) is 12.9. The van der Waals surface area contributed by atoms with Crippen molar-refractivity contribution in [3.63, 3.8) is 0 Å². The van der Waals surface area contributed by atoms with Gasteiger partial charge in [0, 0.05) is 17.5 Å². The molecule has 0 saturated carbocycles. The Morgan fingerprint density at radius 2 is 1.61 bits per heavy atom. The summed E-state index contributed by atoms with van der Waals surface area (Å²) < 4.78 is 2.12. The fourth-order valence-electron chi connectivity index (χ4n) is 4.90. The number of aromatic nitrogens is 2. The minimum Gasteiger partial charge on any atom is -0.478 e. The molecule has 5 heteroatoms. The maximum atomic E-state index is 13.0. The van der Waals surface area contributed by atoms with Crippen LogP contribution in [0.15, 0.2) is 65.5 Å². The van der Waals surface area contributed by atoms with E-state index in [0.29, 0.717) is 30.5 Å². The van der Waals surface area contributed by atoms with Gasteiger partial charge in [0.25, 0.3) is 0 Å². The average molecular weight is 483 g/mol. The number of nitrogens with zero attached hydrogens (tertiary/aromatic N) is 2. The van der Waals surface area contributed by atoms with Crippen molar-refractivity contribution < 1.29 is 9.90 Å². The number of unbranched alkanes of at least 4 members (excludes halogenated alkanes) is 2. The van der Waals surface area contributed by atoms with E-state index in [2.05, 4.69) is 11.5 Å². The lowest BCUT2D eigenvalue weighted by Gasteiger charge is -2.15. The van der Waals surface area contributed by atoms with E-state index in [4.69, 9.17) is 4.98 Å². The first kappa shape index (κ1) is 25.4. The molecular weight excluding hydrogens is 448 g/mol. The van der Waals surface area contributed by atoms with Crippen LogP contribution in [-0.4, -0.2) is 20.6 Å². The predicted octanol–water partition coefficient (Wildman–Crippen LogP) is 6.67. The fourth-order valence-corrected chi connectivity index (χ4v) is 4.90. The molecule has 0 aliphatic heterocycles. The molecule has 0 unspecified atom stereocenters. The first-order chi connectivity index (χ1) is 17.5. The highest BCUT2D eigenvalue weighted by atomic mass is 16.4. The molecule has 0 bridgehead atoms. The Bertz CT molecular complexity index is 1440. The summed E-state index contributed by atoms with van der Waals surface area (Å²) in [6.45, 7) is 6.54. The monoisotopic (exact) mass is 482 g/mol. The van der Waals surface area contributed by atoms with Crippen molar-refractivity contribution in [1.29, 1.82) is 0 Å². The largest absolute Gasteiger partial charge is 0.478 e. The van der Waals surface area contributed by atoms with Gasteiger partial charge in [-0.05, 0) is 48.1 Å². The van der Waals surface area contributed by atoms with Gasteiger partial charge >= 0.3 is 5.97 Å². The van der Waals surface area contributed by atoms with Crippen molar-refractivity contribution in [3.05, 3.63) is 99.0 Å². The molecule has 0 saturated heterocycles. The molecule has 4 aromatic rings. The SMILES string of the molecule is CCCCCc1nc2cc(CC)c(=O)c(CC)cc2n1Cc1cccc(-c2ccccc2)c1C(=O)O. The molecule has 0 aliphatic carbocycles.